The van der Waals surface area contributed by atoms with Gasteiger partial charge >= 0.3 is 0 Å². The van der Waals surface area contributed by atoms with Crippen LogP contribution in [0, 0.1) is 0 Å². The second kappa shape index (κ2) is 5.87. The fraction of sp³-hybridized carbons (Fsp3) is 0.625. The zero-order valence-corrected chi connectivity index (χ0v) is 14.1. The van der Waals surface area contributed by atoms with Gasteiger partial charge in [-0.2, -0.15) is 11.8 Å². The Kier molecular flexibility index (Phi) is 4.51. The van der Waals surface area contributed by atoms with E-state index in [1.165, 1.54) is 12.2 Å². The van der Waals surface area contributed by atoms with E-state index in [2.05, 4.69) is 38.0 Å². The summed E-state index contributed by atoms with van der Waals surface area (Å²) in [6.45, 7) is 9.10. The summed E-state index contributed by atoms with van der Waals surface area (Å²) in [6, 6.07) is 3.49. The van der Waals surface area contributed by atoms with Gasteiger partial charge in [0.05, 0.1) is 0 Å². The number of thioether (sulfide) groups is 1. The van der Waals surface area contributed by atoms with Crippen LogP contribution in [0.2, 0.25) is 0 Å². The molecule has 1 unspecified atom stereocenters. The summed E-state index contributed by atoms with van der Waals surface area (Å²) in [7, 11) is 0. The SMILES string of the molecule is CC1(CNC(=O)c2cc(N)nc(C(C)(C)C)c2)CCCS1. The predicted molar refractivity (Wildman–Crippen MR) is 89.8 cm³/mol. The number of pyridine rings is 1. The summed E-state index contributed by atoms with van der Waals surface area (Å²) in [6.07, 6.45) is 2.39. The maximum atomic E-state index is 12.4. The quantitative estimate of drug-likeness (QED) is 0.901. The number of hydrogen-bond donors (Lipinski definition) is 2. The number of nitrogens with zero attached hydrogens (tertiary/aromatic N) is 1. The molecule has 116 valence electrons. The third-order valence-corrected chi connectivity index (χ3v) is 5.34. The molecule has 3 N–H and O–H groups in total. The summed E-state index contributed by atoms with van der Waals surface area (Å²) < 4.78 is 0.168. The molecule has 1 aromatic rings. The Morgan fingerprint density at radius 2 is 2.19 bits per heavy atom. The molecule has 0 spiro atoms. The number of nitrogens with two attached hydrogens (primary N) is 1. The number of anilines is 1. The zero-order chi connectivity index (χ0) is 15.7. The first kappa shape index (κ1) is 16.1. The summed E-state index contributed by atoms with van der Waals surface area (Å²) in [5.41, 5.74) is 7.15. The van der Waals surface area contributed by atoms with Crippen molar-refractivity contribution in [2.75, 3.05) is 18.0 Å². The topological polar surface area (TPSA) is 68.0 Å². The fourth-order valence-corrected chi connectivity index (χ4v) is 3.66. The zero-order valence-electron chi connectivity index (χ0n) is 13.3. The summed E-state index contributed by atoms with van der Waals surface area (Å²) in [4.78, 5) is 16.7. The fourth-order valence-electron chi connectivity index (χ4n) is 2.41. The van der Waals surface area contributed by atoms with Crippen LogP contribution in [0.4, 0.5) is 5.82 Å². The number of hydrogen-bond acceptors (Lipinski definition) is 4. The van der Waals surface area contributed by atoms with Crippen LogP contribution in [0.25, 0.3) is 0 Å². The Bertz CT molecular complexity index is 531. The van der Waals surface area contributed by atoms with Crippen molar-refractivity contribution >= 4 is 23.5 Å². The first-order valence-electron chi connectivity index (χ1n) is 7.40. The van der Waals surface area contributed by atoms with E-state index in [1.807, 2.05) is 17.8 Å². The molecule has 1 aliphatic heterocycles. The highest BCUT2D eigenvalue weighted by atomic mass is 32.2. The van der Waals surface area contributed by atoms with Crippen molar-refractivity contribution in [3.8, 4) is 0 Å². The molecule has 0 aromatic carbocycles. The maximum absolute atomic E-state index is 12.4. The number of carbonyl (C=O) groups is 1. The third-order valence-electron chi connectivity index (χ3n) is 3.80. The lowest BCUT2D eigenvalue weighted by atomic mass is 9.90. The van der Waals surface area contributed by atoms with Crippen molar-refractivity contribution in [2.24, 2.45) is 0 Å². The first-order valence-corrected chi connectivity index (χ1v) is 8.38. The number of amides is 1. The van der Waals surface area contributed by atoms with E-state index in [0.717, 1.165) is 12.1 Å². The number of nitrogens with one attached hydrogen (secondary N) is 1. The normalized spacial score (nSPS) is 22.3. The van der Waals surface area contributed by atoms with Gasteiger partial charge in [0.15, 0.2) is 0 Å². The molecule has 1 aromatic heterocycles. The van der Waals surface area contributed by atoms with E-state index in [1.54, 1.807) is 6.07 Å². The Morgan fingerprint density at radius 3 is 2.76 bits per heavy atom. The van der Waals surface area contributed by atoms with Crippen molar-refractivity contribution in [3.05, 3.63) is 23.4 Å². The Labute approximate surface area is 131 Å². The lowest BCUT2D eigenvalue weighted by Crippen LogP contribution is -2.37. The smallest absolute Gasteiger partial charge is 0.251 e. The van der Waals surface area contributed by atoms with Crippen molar-refractivity contribution in [1.82, 2.24) is 10.3 Å². The second-order valence-corrected chi connectivity index (χ2v) is 8.68. The van der Waals surface area contributed by atoms with E-state index >= 15 is 0 Å². The summed E-state index contributed by atoms with van der Waals surface area (Å²) >= 11 is 1.94. The molecular weight excluding hydrogens is 282 g/mol. The van der Waals surface area contributed by atoms with E-state index in [4.69, 9.17) is 5.73 Å². The molecule has 2 heterocycles. The van der Waals surface area contributed by atoms with Crippen LogP contribution in [0.5, 0.6) is 0 Å². The minimum atomic E-state index is -0.127. The van der Waals surface area contributed by atoms with Crippen LogP contribution in [0.1, 0.15) is 56.6 Å². The van der Waals surface area contributed by atoms with Crippen LogP contribution in [0.3, 0.4) is 0 Å². The molecule has 5 heteroatoms. The minimum Gasteiger partial charge on any atom is -0.384 e. The van der Waals surface area contributed by atoms with Gasteiger partial charge in [-0.3, -0.25) is 4.79 Å². The molecule has 1 fully saturated rings. The van der Waals surface area contributed by atoms with E-state index < -0.39 is 0 Å². The monoisotopic (exact) mass is 307 g/mol. The van der Waals surface area contributed by atoms with Gasteiger partial charge in [-0.1, -0.05) is 20.8 Å². The standard InChI is InChI=1S/C16H25N3OS/c1-15(2,3)12-8-11(9-13(17)19-12)14(20)18-10-16(4)6-5-7-21-16/h8-9H,5-7,10H2,1-4H3,(H2,17,19)(H,18,20). The molecular formula is C16H25N3OS. The van der Waals surface area contributed by atoms with Gasteiger partial charge < -0.3 is 11.1 Å². The molecule has 1 atom stereocenters. The number of carbonyl (C=O) groups excluding carboxylic acids is 1. The van der Waals surface area contributed by atoms with Crippen LogP contribution in [-0.2, 0) is 5.41 Å². The van der Waals surface area contributed by atoms with Crippen LogP contribution in [0.15, 0.2) is 12.1 Å². The number of nitrogen functional groups attached to an aromatic ring is 1. The lowest BCUT2D eigenvalue weighted by Gasteiger charge is -2.23. The Morgan fingerprint density at radius 1 is 1.48 bits per heavy atom. The summed E-state index contributed by atoms with van der Waals surface area (Å²) in [5, 5.41) is 3.04. The van der Waals surface area contributed by atoms with Crippen LogP contribution >= 0.6 is 11.8 Å². The molecule has 21 heavy (non-hydrogen) atoms. The Balaban J connectivity index is 2.10. The van der Waals surface area contributed by atoms with Crippen molar-refractivity contribution < 1.29 is 4.79 Å². The Hall–Kier alpha value is -1.23. The highest BCUT2D eigenvalue weighted by molar-refractivity contribution is 8.00. The average Bonchev–Trinajstić information content (AvgIpc) is 2.82. The van der Waals surface area contributed by atoms with Crippen LogP contribution < -0.4 is 11.1 Å². The highest BCUT2D eigenvalue weighted by Crippen LogP contribution is 2.37. The second-order valence-electron chi connectivity index (χ2n) is 7.00. The van der Waals surface area contributed by atoms with E-state index in [0.29, 0.717) is 17.9 Å². The maximum Gasteiger partial charge on any atom is 0.251 e. The van der Waals surface area contributed by atoms with Gasteiger partial charge in [0.1, 0.15) is 5.82 Å². The highest BCUT2D eigenvalue weighted by Gasteiger charge is 2.30. The molecule has 0 saturated carbocycles. The number of aromatic nitrogens is 1. The predicted octanol–water partition coefficient (Wildman–Crippen LogP) is 2.98. The first-order chi connectivity index (χ1) is 9.70. The number of rotatable bonds is 3. The largest absolute Gasteiger partial charge is 0.384 e. The van der Waals surface area contributed by atoms with Gasteiger partial charge in [-0.15, -0.1) is 0 Å². The molecule has 0 aliphatic carbocycles. The van der Waals surface area contributed by atoms with Crippen molar-refractivity contribution in [2.45, 2.75) is 50.7 Å². The molecule has 2 rings (SSSR count). The molecule has 1 aliphatic rings. The summed E-state index contributed by atoms with van der Waals surface area (Å²) in [5.74, 6) is 1.51. The van der Waals surface area contributed by atoms with Crippen molar-refractivity contribution in [3.63, 3.8) is 0 Å². The van der Waals surface area contributed by atoms with Gasteiger partial charge in [0.2, 0.25) is 0 Å². The lowest BCUT2D eigenvalue weighted by molar-refractivity contribution is 0.0949. The molecule has 1 amide bonds. The molecule has 4 nitrogen and oxygen atoms in total. The van der Waals surface area contributed by atoms with Gasteiger partial charge in [0, 0.05) is 28.0 Å². The van der Waals surface area contributed by atoms with E-state index in [-0.39, 0.29) is 16.1 Å². The molecule has 0 bridgehead atoms. The van der Waals surface area contributed by atoms with Crippen molar-refractivity contribution in [1.29, 1.82) is 0 Å². The van der Waals surface area contributed by atoms with Gasteiger partial charge in [-0.05, 0) is 37.7 Å². The molecule has 1 saturated heterocycles. The van der Waals surface area contributed by atoms with Gasteiger partial charge in [-0.25, -0.2) is 4.98 Å². The average molecular weight is 307 g/mol. The van der Waals surface area contributed by atoms with E-state index in [9.17, 15) is 4.79 Å². The third kappa shape index (κ3) is 4.13. The minimum absolute atomic E-state index is 0.0664. The van der Waals surface area contributed by atoms with Crippen LogP contribution in [-0.4, -0.2) is 27.9 Å². The molecule has 0 radical (unpaired) electrons. The van der Waals surface area contributed by atoms with Gasteiger partial charge in [0.25, 0.3) is 5.91 Å².